The van der Waals surface area contributed by atoms with Crippen molar-refractivity contribution in [1.82, 2.24) is 10.2 Å². The molecule has 1 N–H and O–H groups in total. The molecule has 1 aromatic carbocycles. The van der Waals surface area contributed by atoms with Gasteiger partial charge in [-0.2, -0.15) is 0 Å². The highest BCUT2D eigenvalue weighted by Gasteiger charge is 2.23. The molecule has 0 saturated heterocycles. The van der Waals surface area contributed by atoms with Crippen LogP contribution in [0.25, 0.3) is 16.5 Å². The molecule has 3 aromatic rings. The number of carbonyl (C=O) groups is 1. The van der Waals surface area contributed by atoms with Gasteiger partial charge >= 0.3 is 0 Å². The number of ether oxygens (including phenoxy) is 1. The molecule has 2 aromatic heterocycles. The summed E-state index contributed by atoms with van der Waals surface area (Å²) >= 11 is 2.99. The number of thioether (sulfide) groups is 1. The van der Waals surface area contributed by atoms with Crippen molar-refractivity contribution in [3.05, 3.63) is 34.6 Å². The molecule has 4 rings (SSSR count). The molecule has 8 heteroatoms. The monoisotopic (exact) mass is 457 g/mol. The first-order chi connectivity index (χ1) is 15.0. The zero-order valence-corrected chi connectivity index (χ0v) is 20.0. The Hall–Kier alpha value is -2.32. The molecule has 0 aliphatic heterocycles. The predicted molar refractivity (Wildman–Crippen MR) is 127 cm³/mol. The van der Waals surface area contributed by atoms with Crippen LogP contribution in [-0.4, -0.2) is 28.5 Å². The van der Waals surface area contributed by atoms with Crippen molar-refractivity contribution < 1.29 is 13.9 Å². The quantitative estimate of drug-likeness (QED) is 0.265. The summed E-state index contributed by atoms with van der Waals surface area (Å²) in [4.78, 5) is 12.6. The molecule has 1 aliphatic carbocycles. The number of aryl methyl sites for hydroxylation is 3. The highest BCUT2D eigenvalue weighted by Crippen LogP contribution is 2.41. The number of aromatic nitrogens is 2. The summed E-state index contributed by atoms with van der Waals surface area (Å²) in [5, 5.41) is 12.6. The van der Waals surface area contributed by atoms with Gasteiger partial charge in [0, 0.05) is 34.6 Å². The minimum absolute atomic E-state index is 0.226. The van der Waals surface area contributed by atoms with Crippen molar-refractivity contribution in [3.63, 3.8) is 0 Å². The minimum Gasteiger partial charge on any atom is -0.493 e. The topological polar surface area (TPSA) is 77.2 Å². The molecule has 0 saturated carbocycles. The molecule has 1 aliphatic rings. The number of nitrogens with one attached hydrogen (secondary N) is 1. The number of benzene rings is 1. The number of anilines is 1. The average Bonchev–Trinajstić information content (AvgIpc) is 3.34. The third kappa shape index (κ3) is 4.50. The van der Waals surface area contributed by atoms with Gasteiger partial charge in [-0.05, 0) is 57.4 Å². The third-order valence-corrected chi connectivity index (χ3v) is 7.25. The van der Waals surface area contributed by atoms with Gasteiger partial charge in [-0.15, -0.1) is 10.2 Å². The Bertz CT molecular complexity index is 1150. The minimum atomic E-state index is -0.226. The van der Waals surface area contributed by atoms with E-state index in [-0.39, 0.29) is 5.91 Å². The molecular formula is C23H27N3O3S2. The second kappa shape index (κ2) is 9.44. The van der Waals surface area contributed by atoms with Crippen LogP contribution in [0.1, 0.15) is 56.1 Å². The molecule has 0 unspecified atom stereocenters. The Labute approximate surface area is 190 Å². The van der Waals surface area contributed by atoms with Gasteiger partial charge in [-0.25, -0.2) is 0 Å². The summed E-state index contributed by atoms with van der Waals surface area (Å²) in [7, 11) is 0. The highest BCUT2D eigenvalue weighted by molar-refractivity contribution is 8.01. The van der Waals surface area contributed by atoms with E-state index in [0.29, 0.717) is 11.7 Å². The molecule has 6 nitrogen and oxygen atoms in total. The lowest BCUT2D eigenvalue weighted by Crippen LogP contribution is -2.08. The van der Waals surface area contributed by atoms with E-state index in [2.05, 4.69) is 28.5 Å². The number of amides is 1. The van der Waals surface area contributed by atoms with E-state index in [1.54, 1.807) is 17.8 Å². The molecule has 2 heterocycles. The van der Waals surface area contributed by atoms with Gasteiger partial charge in [0.05, 0.1) is 6.61 Å². The number of hydrogen-bond donors (Lipinski definition) is 1. The zero-order valence-electron chi connectivity index (χ0n) is 18.3. The SMILES string of the molecule is CCOc1c(/C(C)=C/C(=O)Nc2nnc(SCC)s2)cc2c3c(oc2c1C)CCCC3. The van der Waals surface area contributed by atoms with Crippen LogP contribution in [0.4, 0.5) is 5.13 Å². The largest absolute Gasteiger partial charge is 0.493 e. The standard InChI is InChI=1S/C23H27N3O3S2/c1-5-28-20-14(4)21-17(15-9-7-8-10-18(15)29-21)12-16(20)13(3)11-19(27)24-22-25-26-23(31-22)30-6-2/h11-12H,5-10H2,1-4H3,(H,24,25,27)/b13-11+. The van der Waals surface area contributed by atoms with Crippen LogP contribution in [0.15, 0.2) is 20.9 Å². The van der Waals surface area contributed by atoms with Crippen LogP contribution in [0.5, 0.6) is 5.75 Å². The Morgan fingerprint density at radius 2 is 2.13 bits per heavy atom. The van der Waals surface area contributed by atoms with Gasteiger partial charge in [0.1, 0.15) is 17.1 Å². The van der Waals surface area contributed by atoms with Gasteiger partial charge < -0.3 is 9.15 Å². The third-order valence-electron chi connectivity index (χ3n) is 5.39. The normalized spacial score (nSPS) is 14.0. The van der Waals surface area contributed by atoms with Gasteiger partial charge in [0.25, 0.3) is 0 Å². The summed E-state index contributed by atoms with van der Waals surface area (Å²) in [6.45, 7) is 8.54. The maximum absolute atomic E-state index is 12.6. The summed E-state index contributed by atoms with van der Waals surface area (Å²) in [5.41, 5.74) is 4.97. The summed E-state index contributed by atoms with van der Waals surface area (Å²) in [6, 6.07) is 2.13. The van der Waals surface area contributed by atoms with E-state index >= 15 is 0 Å². The fraction of sp³-hybridized carbons (Fsp3) is 0.435. The van der Waals surface area contributed by atoms with E-state index in [9.17, 15) is 4.79 Å². The first kappa shape index (κ1) is 21.9. The second-order valence-electron chi connectivity index (χ2n) is 7.52. The van der Waals surface area contributed by atoms with Crippen molar-refractivity contribution in [2.45, 2.75) is 57.7 Å². The first-order valence-corrected chi connectivity index (χ1v) is 12.5. The molecule has 0 bridgehead atoms. The Kier molecular flexibility index (Phi) is 6.67. The fourth-order valence-electron chi connectivity index (χ4n) is 4.02. The number of furan rings is 1. The Morgan fingerprint density at radius 1 is 1.32 bits per heavy atom. The van der Waals surface area contributed by atoms with Crippen molar-refractivity contribution >= 4 is 50.7 Å². The van der Waals surface area contributed by atoms with Gasteiger partial charge in [0.2, 0.25) is 11.0 Å². The molecule has 0 fully saturated rings. The Balaban J connectivity index is 1.68. The highest BCUT2D eigenvalue weighted by atomic mass is 32.2. The molecule has 164 valence electrons. The number of fused-ring (bicyclic) bond motifs is 3. The summed E-state index contributed by atoms with van der Waals surface area (Å²) in [6.07, 6.45) is 5.97. The van der Waals surface area contributed by atoms with Crippen molar-refractivity contribution in [1.29, 1.82) is 0 Å². The van der Waals surface area contributed by atoms with Crippen molar-refractivity contribution in [2.24, 2.45) is 0 Å². The maximum atomic E-state index is 12.6. The lowest BCUT2D eigenvalue weighted by molar-refractivity contribution is -0.111. The Morgan fingerprint density at radius 3 is 2.90 bits per heavy atom. The van der Waals surface area contributed by atoms with Crippen LogP contribution in [0, 0.1) is 6.92 Å². The van der Waals surface area contributed by atoms with E-state index in [4.69, 9.17) is 9.15 Å². The lowest BCUT2D eigenvalue weighted by atomic mass is 9.93. The number of hydrogen-bond acceptors (Lipinski definition) is 7. The first-order valence-electron chi connectivity index (χ1n) is 10.7. The van der Waals surface area contributed by atoms with Gasteiger partial charge in [-0.3, -0.25) is 10.1 Å². The molecule has 0 atom stereocenters. The van der Waals surface area contributed by atoms with Crippen LogP contribution in [0.2, 0.25) is 0 Å². The van der Waals surface area contributed by atoms with Crippen molar-refractivity contribution in [3.8, 4) is 5.75 Å². The van der Waals surface area contributed by atoms with E-state index in [1.807, 2.05) is 20.8 Å². The molecule has 0 spiro atoms. The molecule has 0 radical (unpaired) electrons. The van der Waals surface area contributed by atoms with E-state index in [1.165, 1.54) is 29.7 Å². The fourth-order valence-corrected chi connectivity index (χ4v) is 5.67. The average molecular weight is 458 g/mol. The maximum Gasteiger partial charge on any atom is 0.250 e. The van der Waals surface area contributed by atoms with Crippen LogP contribution < -0.4 is 10.1 Å². The molecule has 31 heavy (non-hydrogen) atoms. The lowest BCUT2D eigenvalue weighted by Gasteiger charge is -2.15. The number of rotatable bonds is 7. The van der Waals surface area contributed by atoms with Crippen LogP contribution >= 0.6 is 23.1 Å². The van der Waals surface area contributed by atoms with Gasteiger partial charge in [-0.1, -0.05) is 30.0 Å². The van der Waals surface area contributed by atoms with Crippen LogP contribution in [-0.2, 0) is 17.6 Å². The van der Waals surface area contributed by atoms with E-state index in [0.717, 1.165) is 62.1 Å². The molecular weight excluding hydrogens is 430 g/mol. The number of nitrogens with zero attached hydrogens (tertiary/aromatic N) is 2. The smallest absolute Gasteiger partial charge is 0.250 e. The number of allylic oxidation sites excluding steroid dienone is 1. The summed E-state index contributed by atoms with van der Waals surface area (Å²) < 4.78 is 13.1. The van der Waals surface area contributed by atoms with E-state index < -0.39 is 0 Å². The number of carbonyl (C=O) groups excluding carboxylic acids is 1. The van der Waals surface area contributed by atoms with Crippen molar-refractivity contribution in [2.75, 3.05) is 17.7 Å². The second-order valence-corrected chi connectivity index (χ2v) is 10.0. The van der Waals surface area contributed by atoms with Crippen LogP contribution in [0.3, 0.4) is 0 Å². The molecule has 1 amide bonds. The van der Waals surface area contributed by atoms with Gasteiger partial charge in [0.15, 0.2) is 4.34 Å². The predicted octanol–water partition coefficient (Wildman–Crippen LogP) is 6.02. The summed E-state index contributed by atoms with van der Waals surface area (Å²) in [5.74, 6) is 2.57. The zero-order chi connectivity index (χ0) is 22.0.